The van der Waals surface area contributed by atoms with Crippen LogP contribution in [0.3, 0.4) is 0 Å². The summed E-state index contributed by atoms with van der Waals surface area (Å²) in [4.78, 5) is 30.6. The van der Waals surface area contributed by atoms with Gasteiger partial charge in [0.15, 0.2) is 0 Å². The van der Waals surface area contributed by atoms with Gasteiger partial charge in [0, 0.05) is 19.0 Å². The fraction of sp³-hybridized carbons (Fsp3) is 0.333. The van der Waals surface area contributed by atoms with E-state index in [9.17, 15) is 18.0 Å². The Morgan fingerprint density at radius 3 is 1.96 bits per heavy atom. The van der Waals surface area contributed by atoms with Crippen LogP contribution in [0.1, 0.15) is 59.9 Å². The van der Waals surface area contributed by atoms with Gasteiger partial charge in [-0.15, -0.1) is 0 Å². The minimum Gasteiger partial charge on any atom is -0.352 e. The molecule has 1 saturated carbocycles. The highest BCUT2D eigenvalue weighted by Crippen LogP contribution is 2.27. The van der Waals surface area contributed by atoms with Crippen LogP contribution in [0, 0.1) is 20.8 Å². The Morgan fingerprint density at radius 2 is 1.34 bits per heavy atom. The van der Waals surface area contributed by atoms with Crippen molar-refractivity contribution in [3.8, 4) is 0 Å². The molecule has 0 aliphatic heterocycles. The van der Waals surface area contributed by atoms with Gasteiger partial charge in [-0.25, -0.2) is 8.42 Å². The van der Waals surface area contributed by atoms with Crippen LogP contribution in [0.2, 0.25) is 0 Å². The van der Waals surface area contributed by atoms with Crippen LogP contribution in [-0.2, 0) is 32.6 Å². The van der Waals surface area contributed by atoms with Crippen LogP contribution >= 0.6 is 0 Å². The first-order chi connectivity index (χ1) is 22.6. The summed E-state index contributed by atoms with van der Waals surface area (Å²) in [6, 6.07) is 30.4. The number of nitrogens with zero attached hydrogens (tertiary/aromatic N) is 2. The van der Waals surface area contributed by atoms with Crippen molar-refractivity contribution in [1.82, 2.24) is 10.2 Å². The molecule has 0 heterocycles. The maximum absolute atomic E-state index is 14.7. The Bertz CT molecular complexity index is 1730. The number of nitrogens with one attached hydrogen (secondary N) is 1. The summed E-state index contributed by atoms with van der Waals surface area (Å²) in [5.41, 5.74) is 5.02. The van der Waals surface area contributed by atoms with E-state index in [4.69, 9.17) is 0 Å². The van der Waals surface area contributed by atoms with E-state index < -0.39 is 28.5 Å². The molecule has 5 rings (SSSR count). The third kappa shape index (κ3) is 8.89. The number of aryl methyl sites for hydroxylation is 3. The molecule has 47 heavy (non-hydrogen) atoms. The van der Waals surface area contributed by atoms with Gasteiger partial charge in [0.05, 0.1) is 10.6 Å². The van der Waals surface area contributed by atoms with Crippen molar-refractivity contribution in [1.29, 1.82) is 0 Å². The fourth-order valence-electron chi connectivity index (χ4n) is 6.33. The maximum Gasteiger partial charge on any atom is 0.264 e. The van der Waals surface area contributed by atoms with Gasteiger partial charge in [0.25, 0.3) is 10.0 Å². The number of hydrogen-bond acceptors (Lipinski definition) is 4. The fourth-order valence-corrected chi connectivity index (χ4v) is 7.75. The van der Waals surface area contributed by atoms with E-state index in [1.165, 1.54) is 16.4 Å². The molecule has 1 aliphatic rings. The Balaban J connectivity index is 1.57. The van der Waals surface area contributed by atoms with E-state index in [0.717, 1.165) is 59.9 Å². The Labute approximate surface area is 279 Å². The first-order valence-electron chi connectivity index (χ1n) is 16.5. The molecule has 1 aliphatic carbocycles. The second kappa shape index (κ2) is 15.4. The quantitative estimate of drug-likeness (QED) is 0.181. The summed E-state index contributed by atoms with van der Waals surface area (Å²) in [6.45, 7) is 5.50. The Kier molecular flexibility index (Phi) is 11.1. The minimum atomic E-state index is -4.14. The third-order valence-corrected chi connectivity index (χ3v) is 10.6. The second-order valence-electron chi connectivity index (χ2n) is 12.7. The van der Waals surface area contributed by atoms with E-state index in [0.29, 0.717) is 12.1 Å². The molecule has 4 aromatic rings. The predicted molar refractivity (Wildman–Crippen MR) is 188 cm³/mol. The SMILES string of the molecule is Cc1ccc(CN(C(=O)CN(c2cc(C)cc(C)c2)S(=O)(=O)c2ccccc2)C(Cc2ccccc2)C(=O)NC2CCCCC2)cc1. The molecule has 4 aromatic carbocycles. The first kappa shape index (κ1) is 33.9. The molecule has 2 amide bonds. The molecule has 0 saturated heterocycles. The smallest absolute Gasteiger partial charge is 0.264 e. The number of amides is 2. The average Bonchev–Trinajstić information content (AvgIpc) is 3.06. The van der Waals surface area contributed by atoms with Crippen LogP contribution in [0.25, 0.3) is 0 Å². The monoisotopic (exact) mass is 651 g/mol. The zero-order valence-corrected chi connectivity index (χ0v) is 28.4. The van der Waals surface area contributed by atoms with Crippen molar-refractivity contribution in [2.75, 3.05) is 10.8 Å². The summed E-state index contributed by atoms with van der Waals surface area (Å²) < 4.78 is 29.7. The van der Waals surface area contributed by atoms with Crippen LogP contribution in [-0.4, -0.2) is 43.8 Å². The number of carbonyl (C=O) groups excluding carboxylic acids is 2. The normalized spacial score (nSPS) is 14.3. The van der Waals surface area contributed by atoms with Crippen LogP contribution in [0.4, 0.5) is 5.69 Å². The second-order valence-corrected chi connectivity index (χ2v) is 14.6. The summed E-state index contributed by atoms with van der Waals surface area (Å²) in [6.07, 6.45) is 5.38. The van der Waals surface area contributed by atoms with E-state index in [1.54, 1.807) is 35.2 Å². The Morgan fingerprint density at radius 1 is 0.745 bits per heavy atom. The van der Waals surface area contributed by atoms with Crippen molar-refractivity contribution in [2.24, 2.45) is 0 Å². The molecular formula is C39H45N3O4S. The van der Waals surface area contributed by atoms with Gasteiger partial charge in [0.2, 0.25) is 11.8 Å². The zero-order chi connectivity index (χ0) is 33.4. The van der Waals surface area contributed by atoms with Crippen LogP contribution in [0.15, 0.2) is 108 Å². The zero-order valence-electron chi connectivity index (χ0n) is 27.6. The minimum absolute atomic E-state index is 0.0519. The van der Waals surface area contributed by atoms with Crippen molar-refractivity contribution in [3.05, 3.63) is 131 Å². The molecule has 0 aromatic heterocycles. The molecule has 8 heteroatoms. The molecule has 1 atom stereocenters. The summed E-state index contributed by atoms with van der Waals surface area (Å²) in [7, 11) is -4.14. The van der Waals surface area contributed by atoms with Crippen LogP contribution in [0.5, 0.6) is 0 Å². The van der Waals surface area contributed by atoms with Gasteiger partial charge in [-0.3, -0.25) is 13.9 Å². The Hall–Kier alpha value is -4.43. The largest absolute Gasteiger partial charge is 0.352 e. The van der Waals surface area contributed by atoms with Crippen molar-refractivity contribution in [3.63, 3.8) is 0 Å². The molecule has 1 unspecified atom stereocenters. The number of benzene rings is 4. The van der Waals surface area contributed by atoms with E-state index in [2.05, 4.69) is 5.32 Å². The molecule has 1 N–H and O–H groups in total. The number of hydrogen-bond donors (Lipinski definition) is 1. The number of sulfonamides is 1. The number of carbonyl (C=O) groups is 2. The number of anilines is 1. The van der Waals surface area contributed by atoms with Gasteiger partial charge in [-0.1, -0.05) is 104 Å². The molecular weight excluding hydrogens is 607 g/mol. The van der Waals surface area contributed by atoms with Gasteiger partial charge < -0.3 is 10.2 Å². The lowest BCUT2D eigenvalue weighted by Gasteiger charge is -2.35. The molecule has 246 valence electrons. The predicted octanol–water partition coefficient (Wildman–Crippen LogP) is 6.90. The molecule has 0 bridgehead atoms. The molecule has 0 radical (unpaired) electrons. The summed E-state index contributed by atoms with van der Waals surface area (Å²) >= 11 is 0. The third-order valence-electron chi connectivity index (χ3n) is 8.80. The van der Waals surface area contributed by atoms with E-state index in [-0.39, 0.29) is 23.4 Å². The van der Waals surface area contributed by atoms with Gasteiger partial charge in [0.1, 0.15) is 12.6 Å². The van der Waals surface area contributed by atoms with Gasteiger partial charge in [-0.05, 0) is 80.1 Å². The van der Waals surface area contributed by atoms with Crippen molar-refractivity contribution >= 4 is 27.5 Å². The highest BCUT2D eigenvalue weighted by molar-refractivity contribution is 7.92. The lowest BCUT2D eigenvalue weighted by atomic mass is 9.94. The van der Waals surface area contributed by atoms with Crippen LogP contribution < -0.4 is 9.62 Å². The molecule has 7 nitrogen and oxygen atoms in total. The highest BCUT2D eigenvalue weighted by Gasteiger charge is 2.35. The summed E-state index contributed by atoms with van der Waals surface area (Å²) in [5.74, 6) is -0.672. The standard InChI is InChI=1S/C39H45N3O4S/c1-29-19-21-33(22-20-29)27-41(37(26-32-13-7-4-8-14-32)39(44)40-34-15-9-5-10-16-34)38(43)28-42(35-24-30(2)23-31(3)25-35)47(45,46)36-17-11-6-12-18-36/h4,6-8,11-14,17-25,34,37H,5,9-10,15-16,26-28H2,1-3H3,(H,40,44). The average molecular weight is 652 g/mol. The maximum atomic E-state index is 14.7. The van der Waals surface area contributed by atoms with Gasteiger partial charge in [-0.2, -0.15) is 0 Å². The number of rotatable bonds is 12. The van der Waals surface area contributed by atoms with E-state index in [1.807, 2.05) is 81.4 Å². The van der Waals surface area contributed by atoms with Crippen molar-refractivity contribution < 1.29 is 18.0 Å². The lowest BCUT2D eigenvalue weighted by Crippen LogP contribution is -2.55. The van der Waals surface area contributed by atoms with E-state index >= 15 is 0 Å². The molecule has 0 spiro atoms. The van der Waals surface area contributed by atoms with Crippen molar-refractivity contribution in [2.45, 2.75) is 82.8 Å². The highest BCUT2D eigenvalue weighted by atomic mass is 32.2. The molecule has 1 fully saturated rings. The van der Waals surface area contributed by atoms with Gasteiger partial charge >= 0.3 is 0 Å². The topological polar surface area (TPSA) is 86.8 Å². The summed E-state index contributed by atoms with van der Waals surface area (Å²) in [5, 5.41) is 3.26. The first-order valence-corrected chi connectivity index (χ1v) is 17.9. The lowest BCUT2D eigenvalue weighted by molar-refractivity contribution is -0.140.